The number of aryl methyl sites for hydroxylation is 2. The first-order valence-corrected chi connectivity index (χ1v) is 7.47. The number of aromatic nitrogens is 1. The van der Waals surface area contributed by atoms with Gasteiger partial charge in [0.2, 0.25) is 0 Å². The van der Waals surface area contributed by atoms with Gasteiger partial charge in [0.1, 0.15) is 0 Å². The fourth-order valence-electron chi connectivity index (χ4n) is 2.53. The third kappa shape index (κ3) is 2.52. The van der Waals surface area contributed by atoms with Crippen LogP contribution in [0.2, 0.25) is 0 Å². The van der Waals surface area contributed by atoms with E-state index in [4.69, 9.17) is 4.42 Å². The summed E-state index contributed by atoms with van der Waals surface area (Å²) in [5, 5.41) is 0. The van der Waals surface area contributed by atoms with Crippen LogP contribution in [0, 0.1) is 17.4 Å². The van der Waals surface area contributed by atoms with Crippen molar-refractivity contribution in [2.45, 2.75) is 20.4 Å². The van der Waals surface area contributed by atoms with Gasteiger partial charge in [-0.2, -0.15) is 0 Å². The van der Waals surface area contributed by atoms with Crippen molar-refractivity contribution in [1.29, 1.82) is 0 Å². The predicted molar refractivity (Wildman–Crippen MR) is 88.2 cm³/mol. The van der Waals surface area contributed by atoms with Crippen LogP contribution in [0.25, 0.3) is 11.1 Å². The average Bonchev–Trinajstić information content (AvgIpc) is 2.65. The van der Waals surface area contributed by atoms with Crippen molar-refractivity contribution in [3.05, 3.63) is 67.2 Å². The minimum atomic E-state index is -0.304. The normalized spacial score (nSPS) is 11.2. The minimum absolute atomic E-state index is 0.304. The lowest BCUT2D eigenvalue weighted by Gasteiger charge is -2.06. The lowest BCUT2D eigenvalue weighted by Crippen LogP contribution is -2.15. The van der Waals surface area contributed by atoms with Crippen LogP contribution in [0.4, 0.5) is 0 Å². The van der Waals surface area contributed by atoms with Crippen LogP contribution < -0.4 is 5.76 Å². The summed E-state index contributed by atoms with van der Waals surface area (Å²) < 4.78 is 8.07. The lowest BCUT2D eigenvalue weighted by atomic mass is 10.1. The van der Waals surface area contributed by atoms with E-state index in [-0.39, 0.29) is 5.76 Å². The second kappa shape index (κ2) is 5.09. The highest BCUT2D eigenvalue weighted by Crippen LogP contribution is 2.18. The number of nitrogens with zero attached hydrogens (tertiary/aromatic N) is 1. The van der Waals surface area contributed by atoms with Crippen LogP contribution in [-0.4, -0.2) is 4.57 Å². The molecule has 0 spiro atoms. The standard InChI is InChI=1S/C16H14INO2/c1-10-5-11(2)7-12(6-10)9-18-14-8-13(17)3-4-15(14)20-16(18)19/h3-8H,9H2,1-2H3. The van der Waals surface area contributed by atoms with Gasteiger partial charge in [-0.25, -0.2) is 4.79 Å². The maximum absolute atomic E-state index is 12.0. The highest BCUT2D eigenvalue weighted by Gasteiger charge is 2.10. The Morgan fingerprint density at radius 3 is 2.50 bits per heavy atom. The molecule has 0 atom stereocenters. The zero-order chi connectivity index (χ0) is 14.3. The smallest absolute Gasteiger partial charge is 0.408 e. The van der Waals surface area contributed by atoms with Crippen molar-refractivity contribution >= 4 is 33.7 Å². The Hall–Kier alpha value is -1.56. The molecule has 0 fully saturated rings. The molecule has 0 unspecified atom stereocenters. The fraction of sp³-hybridized carbons (Fsp3) is 0.188. The molecule has 20 heavy (non-hydrogen) atoms. The van der Waals surface area contributed by atoms with Crippen LogP contribution in [0.3, 0.4) is 0 Å². The van der Waals surface area contributed by atoms with Gasteiger partial charge in [0, 0.05) is 3.57 Å². The van der Waals surface area contributed by atoms with Gasteiger partial charge >= 0.3 is 5.76 Å². The molecule has 1 heterocycles. The second-order valence-corrected chi connectivity index (χ2v) is 6.31. The van der Waals surface area contributed by atoms with E-state index in [1.165, 1.54) is 11.1 Å². The van der Waals surface area contributed by atoms with Gasteiger partial charge in [-0.05, 0) is 60.2 Å². The van der Waals surface area contributed by atoms with Crippen LogP contribution in [0.5, 0.6) is 0 Å². The van der Waals surface area contributed by atoms with E-state index in [9.17, 15) is 4.79 Å². The quantitative estimate of drug-likeness (QED) is 0.634. The molecule has 3 nitrogen and oxygen atoms in total. The zero-order valence-electron chi connectivity index (χ0n) is 11.3. The third-order valence-corrected chi connectivity index (χ3v) is 3.92. The third-order valence-electron chi connectivity index (χ3n) is 3.25. The topological polar surface area (TPSA) is 35.1 Å². The first-order valence-electron chi connectivity index (χ1n) is 6.39. The Bertz CT molecular complexity index is 825. The molecule has 0 aliphatic carbocycles. The van der Waals surface area contributed by atoms with E-state index in [0.29, 0.717) is 12.1 Å². The second-order valence-electron chi connectivity index (χ2n) is 5.06. The number of oxazole rings is 1. The average molecular weight is 379 g/mol. The molecule has 0 N–H and O–H groups in total. The molecule has 0 bridgehead atoms. The molecular formula is C16H14INO2. The number of halogens is 1. The van der Waals surface area contributed by atoms with E-state index >= 15 is 0 Å². The molecule has 0 aliphatic rings. The zero-order valence-corrected chi connectivity index (χ0v) is 13.5. The maximum atomic E-state index is 12.0. The largest absolute Gasteiger partial charge is 0.420 e. The molecule has 1 aromatic heterocycles. The summed E-state index contributed by atoms with van der Waals surface area (Å²) in [6.45, 7) is 4.67. The summed E-state index contributed by atoms with van der Waals surface area (Å²) in [6.07, 6.45) is 0. The number of fused-ring (bicyclic) bond motifs is 1. The molecule has 0 amide bonds. The molecule has 4 heteroatoms. The predicted octanol–water partition coefficient (Wildman–Crippen LogP) is 3.86. The van der Waals surface area contributed by atoms with Gasteiger partial charge in [-0.15, -0.1) is 0 Å². The number of benzene rings is 2. The van der Waals surface area contributed by atoms with Crippen LogP contribution in [-0.2, 0) is 6.54 Å². The molecule has 2 aromatic carbocycles. The monoisotopic (exact) mass is 379 g/mol. The molecule has 102 valence electrons. The molecule has 0 radical (unpaired) electrons. The minimum Gasteiger partial charge on any atom is -0.408 e. The van der Waals surface area contributed by atoms with Gasteiger partial charge in [0.25, 0.3) is 0 Å². The first kappa shape index (κ1) is 13.4. The van der Waals surface area contributed by atoms with Crippen molar-refractivity contribution in [3.8, 4) is 0 Å². The Labute approximate surface area is 130 Å². The molecule has 0 aliphatic heterocycles. The van der Waals surface area contributed by atoms with Crippen molar-refractivity contribution in [2.24, 2.45) is 0 Å². The van der Waals surface area contributed by atoms with E-state index < -0.39 is 0 Å². The summed E-state index contributed by atoms with van der Waals surface area (Å²) in [5.74, 6) is -0.304. The van der Waals surface area contributed by atoms with E-state index in [0.717, 1.165) is 14.7 Å². The van der Waals surface area contributed by atoms with Gasteiger partial charge in [-0.1, -0.05) is 29.3 Å². The molecule has 0 saturated carbocycles. The van der Waals surface area contributed by atoms with E-state index in [1.807, 2.05) is 18.2 Å². The fourth-order valence-corrected chi connectivity index (χ4v) is 3.00. The van der Waals surface area contributed by atoms with E-state index in [2.05, 4.69) is 54.6 Å². The first-order chi connectivity index (χ1) is 9.52. The Morgan fingerprint density at radius 1 is 1.10 bits per heavy atom. The van der Waals surface area contributed by atoms with Crippen molar-refractivity contribution in [2.75, 3.05) is 0 Å². The summed E-state index contributed by atoms with van der Waals surface area (Å²) in [6, 6.07) is 12.1. The highest BCUT2D eigenvalue weighted by atomic mass is 127. The highest BCUT2D eigenvalue weighted by molar-refractivity contribution is 14.1. The Morgan fingerprint density at radius 2 is 1.80 bits per heavy atom. The summed E-state index contributed by atoms with van der Waals surface area (Å²) in [4.78, 5) is 12.0. The molecule has 0 saturated heterocycles. The van der Waals surface area contributed by atoms with Gasteiger partial charge < -0.3 is 4.42 Å². The number of rotatable bonds is 2. The van der Waals surface area contributed by atoms with Crippen LogP contribution in [0.15, 0.2) is 45.6 Å². The van der Waals surface area contributed by atoms with Crippen molar-refractivity contribution < 1.29 is 4.42 Å². The Balaban J connectivity index is 2.12. The summed E-state index contributed by atoms with van der Waals surface area (Å²) in [5.41, 5.74) is 5.01. The van der Waals surface area contributed by atoms with Crippen molar-refractivity contribution in [1.82, 2.24) is 4.57 Å². The lowest BCUT2D eigenvalue weighted by molar-refractivity contribution is 0.517. The molecular weight excluding hydrogens is 365 g/mol. The Kier molecular flexibility index (Phi) is 3.41. The van der Waals surface area contributed by atoms with Gasteiger partial charge in [-0.3, -0.25) is 4.57 Å². The van der Waals surface area contributed by atoms with Gasteiger partial charge in [0.15, 0.2) is 5.58 Å². The van der Waals surface area contributed by atoms with Crippen molar-refractivity contribution in [3.63, 3.8) is 0 Å². The number of hydrogen-bond acceptors (Lipinski definition) is 2. The number of hydrogen-bond donors (Lipinski definition) is 0. The SMILES string of the molecule is Cc1cc(C)cc(Cn2c(=O)oc3ccc(I)cc32)c1. The van der Waals surface area contributed by atoms with Gasteiger partial charge in [0.05, 0.1) is 12.1 Å². The molecule has 3 aromatic rings. The summed E-state index contributed by atoms with van der Waals surface area (Å²) >= 11 is 2.24. The van der Waals surface area contributed by atoms with Crippen LogP contribution >= 0.6 is 22.6 Å². The maximum Gasteiger partial charge on any atom is 0.420 e. The summed E-state index contributed by atoms with van der Waals surface area (Å²) in [7, 11) is 0. The molecule has 3 rings (SSSR count). The van der Waals surface area contributed by atoms with Crippen LogP contribution in [0.1, 0.15) is 16.7 Å². The van der Waals surface area contributed by atoms with E-state index in [1.54, 1.807) is 4.57 Å².